The van der Waals surface area contributed by atoms with Gasteiger partial charge in [-0.05, 0) is 44.5 Å². The van der Waals surface area contributed by atoms with Crippen LogP contribution in [0.25, 0.3) is 10.9 Å². The second kappa shape index (κ2) is 4.99. The number of hydrogen-bond donors (Lipinski definition) is 1. The third-order valence-electron chi connectivity index (χ3n) is 2.79. The number of aromatic nitrogens is 1. The van der Waals surface area contributed by atoms with Gasteiger partial charge >= 0.3 is 6.09 Å². The first-order valence-corrected chi connectivity index (χ1v) is 6.33. The molecular weight excluding hydrogens is 254 g/mol. The topological polar surface area (TPSA) is 81.0 Å². The molecule has 0 amide bonds. The Morgan fingerprint density at radius 2 is 2.10 bits per heavy atom. The Morgan fingerprint density at radius 3 is 2.65 bits per heavy atom. The Kier molecular flexibility index (Phi) is 3.51. The van der Waals surface area contributed by atoms with Gasteiger partial charge in [0.05, 0.1) is 5.52 Å². The number of carbonyl (C=O) groups excluding carboxylic acids is 1. The van der Waals surface area contributed by atoms with E-state index < -0.39 is 11.7 Å². The van der Waals surface area contributed by atoms with Gasteiger partial charge in [0.1, 0.15) is 17.4 Å². The molecular formula is C15H17N3O2. The summed E-state index contributed by atoms with van der Waals surface area (Å²) < 4.78 is 6.63. The number of benzene rings is 1. The Balaban J connectivity index is 2.57. The van der Waals surface area contributed by atoms with Crippen molar-refractivity contribution in [2.24, 2.45) is 5.73 Å². The monoisotopic (exact) mass is 271 g/mol. The summed E-state index contributed by atoms with van der Waals surface area (Å²) >= 11 is 0. The van der Waals surface area contributed by atoms with Gasteiger partial charge in [-0.3, -0.25) is 0 Å². The van der Waals surface area contributed by atoms with Crippen molar-refractivity contribution in [3.8, 4) is 6.07 Å². The van der Waals surface area contributed by atoms with E-state index in [0.29, 0.717) is 12.1 Å². The van der Waals surface area contributed by atoms with Crippen LogP contribution in [0.1, 0.15) is 32.0 Å². The minimum Gasteiger partial charge on any atom is -0.443 e. The molecule has 5 heteroatoms. The summed E-state index contributed by atoms with van der Waals surface area (Å²) in [5.74, 6) is 0. The molecule has 1 heterocycles. The van der Waals surface area contributed by atoms with E-state index in [1.165, 1.54) is 4.57 Å². The molecule has 0 spiro atoms. The van der Waals surface area contributed by atoms with Gasteiger partial charge in [-0.25, -0.2) is 9.36 Å². The summed E-state index contributed by atoms with van der Waals surface area (Å²) in [6.45, 7) is 5.77. The maximum Gasteiger partial charge on any atom is 0.420 e. The van der Waals surface area contributed by atoms with Crippen molar-refractivity contribution in [1.82, 2.24) is 4.57 Å². The van der Waals surface area contributed by atoms with E-state index in [2.05, 4.69) is 0 Å². The van der Waals surface area contributed by atoms with Crippen molar-refractivity contribution in [3.05, 3.63) is 35.5 Å². The molecule has 0 radical (unpaired) electrons. The van der Waals surface area contributed by atoms with Gasteiger partial charge in [-0.2, -0.15) is 5.26 Å². The van der Waals surface area contributed by atoms with Crippen LogP contribution in [0.15, 0.2) is 24.3 Å². The third kappa shape index (κ3) is 2.65. The second-order valence-electron chi connectivity index (χ2n) is 5.55. The fourth-order valence-electron chi connectivity index (χ4n) is 1.98. The lowest BCUT2D eigenvalue weighted by Gasteiger charge is -2.20. The van der Waals surface area contributed by atoms with Crippen molar-refractivity contribution in [2.45, 2.75) is 32.9 Å². The smallest absolute Gasteiger partial charge is 0.420 e. The van der Waals surface area contributed by atoms with Gasteiger partial charge in [0.25, 0.3) is 0 Å². The highest BCUT2D eigenvalue weighted by atomic mass is 16.6. The Bertz CT molecular complexity index is 702. The SMILES string of the molecule is CC(C)(C)OC(=O)n1c(C#N)cc2cc(CN)ccc21. The molecule has 0 saturated carbocycles. The molecule has 0 aliphatic carbocycles. The normalized spacial score (nSPS) is 11.3. The maximum atomic E-state index is 12.2. The largest absolute Gasteiger partial charge is 0.443 e. The van der Waals surface area contributed by atoms with E-state index in [1.54, 1.807) is 32.9 Å². The molecule has 0 unspecified atom stereocenters. The molecule has 0 fully saturated rings. The quantitative estimate of drug-likeness (QED) is 0.864. The van der Waals surface area contributed by atoms with Crippen molar-refractivity contribution < 1.29 is 9.53 Å². The summed E-state index contributed by atoms with van der Waals surface area (Å²) in [4.78, 5) is 12.2. The molecule has 2 rings (SSSR count). The summed E-state index contributed by atoms with van der Waals surface area (Å²) in [6, 6.07) is 9.17. The third-order valence-corrected chi connectivity index (χ3v) is 2.79. The van der Waals surface area contributed by atoms with E-state index >= 15 is 0 Å². The first-order valence-electron chi connectivity index (χ1n) is 6.33. The van der Waals surface area contributed by atoms with Crippen molar-refractivity contribution in [3.63, 3.8) is 0 Å². The maximum absolute atomic E-state index is 12.2. The van der Waals surface area contributed by atoms with E-state index in [-0.39, 0.29) is 5.69 Å². The van der Waals surface area contributed by atoms with Crippen LogP contribution in [0.2, 0.25) is 0 Å². The lowest BCUT2D eigenvalue weighted by Crippen LogP contribution is -2.27. The first-order chi connectivity index (χ1) is 9.35. The van der Waals surface area contributed by atoms with Crippen LogP contribution in [0.4, 0.5) is 4.79 Å². The summed E-state index contributed by atoms with van der Waals surface area (Å²) in [7, 11) is 0. The van der Waals surface area contributed by atoms with E-state index in [1.807, 2.05) is 18.2 Å². The summed E-state index contributed by atoms with van der Waals surface area (Å²) in [5, 5.41) is 9.99. The fraction of sp³-hybridized carbons (Fsp3) is 0.333. The Morgan fingerprint density at radius 1 is 1.40 bits per heavy atom. The molecule has 1 aromatic carbocycles. The molecule has 5 nitrogen and oxygen atoms in total. The van der Waals surface area contributed by atoms with Gasteiger partial charge in [0, 0.05) is 11.9 Å². The van der Waals surface area contributed by atoms with Crippen molar-refractivity contribution >= 4 is 17.0 Å². The molecule has 0 bridgehead atoms. The van der Waals surface area contributed by atoms with Gasteiger partial charge in [0.15, 0.2) is 0 Å². The Labute approximate surface area is 117 Å². The van der Waals surface area contributed by atoms with Crippen molar-refractivity contribution in [2.75, 3.05) is 0 Å². The van der Waals surface area contributed by atoms with Crippen molar-refractivity contribution in [1.29, 1.82) is 5.26 Å². The predicted octanol–water partition coefficient (Wildman–Crippen LogP) is 2.75. The number of nitriles is 1. The number of nitrogens with zero attached hydrogens (tertiary/aromatic N) is 2. The second-order valence-corrected chi connectivity index (χ2v) is 5.55. The van der Waals surface area contributed by atoms with Crippen LogP contribution < -0.4 is 5.73 Å². The summed E-state index contributed by atoms with van der Waals surface area (Å²) in [5.41, 5.74) is 6.83. The zero-order valence-corrected chi connectivity index (χ0v) is 11.8. The van der Waals surface area contributed by atoms with E-state index in [0.717, 1.165) is 10.9 Å². The molecule has 20 heavy (non-hydrogen) atoms. The molecule has 2 N–H and O–H groups in total. The van der Waals surface area contributed by atoms with Crippen LogP contribution in [-0.4, -0.2) is 16.3 Å². The highest BCUT2D eigenvalue weighted by molar-refractivity contribution is 5.92. The number of nitrogens with two attached hydrogens (primary N) is 1. The highest BCUT2D eigenvalue weighted by Crippen LogP contribution is 2.22. The minimum atomic E-state index is -0.613. The zero-order valence-electron chi connectivity index (χ0n) is 11.8. The highest BCUT2D eigenvalue weighted by Gasteiger charge is 2.22. The van der Waals surface area contributed by atoms with Crippen LogP contribution in [0, 0.1) is 11.3 Å². The van der Waals surface area contributed by atoms with Crippen LogP contribution >= 0.6 is 0 Å². The number of rotatable bonds is 1. The lowest BCUT2D eigenvalue weighted by molar-refractivity contribution is 0.0543. The molecule has 0 aliphatic heterocycles. The molecule has 0 atom stereocenters. The van der Waals surface area contributed by atoms with E-state index in [9.17, 15) is 10.1 Å². The molecule has 104 valence electrons. The standard InChI is InChI=1S/C15H17N3O2/c1-15(2,3)20-14(19)18-12(9-17)7-11-6-10(8-16)4-5-13(11)18/h4-7H,8,16H2,1-3H3. The first kappa shape index (κ1) is 14.1. The number of fused-ring (bicyclic) bond motifs is 1. The molecule has 1 aromatic heterocycles. The van der Waals surface area contributed by atoms with Gasteiger partial charge in [-0.1, -0.05) is 6.07 Å². The van der Waals surface area contributed by atoms with Crippen LogP contribution in [0.5, 0.6) is 0 Å². The molecule has 0 saturated heterocycles. The van der Waals surface area contributed by atoms with Crippen LogP contribution in [-0.2, 0) is 11.3 Å². The zero-order chi connectivity index (χ0) is 14.9. The Hall–Kier alpha value is -2.32. The van der Waals surface area contributed by atoms with Crippen LogP contribution in [0.3, 0.4) is 0 Å². The lowest BCUT2D eigenvalue weighted by atomic mass is 10.1. The fourth-order valence-corrected chi connectivity index (χ4v) is 1.98. The summed E-state index contributed by atoms with van der Waals surface area (Å²) in [6.07, 6.45) is -0.551. The van der Waals surface area contributed by atoms with E-state index in [4.69, 9.17) is 10.5 Å². The van der Waals surface area contributed by atoms with Gasteiger partial charge in [-0.15, -0.1) is 0 Å². The average molecular weight is 271 g/mol. The number of carbonyl (C=O) groups is 1. The molecule has 2 aromatic rings. The van der Waals surface area contributed by atoms with Gasteiger partial charge in [0.2, 0.25) is 0 Å². The number of ether oxygens (including phenoxy) is 1. The van der Waals surface area contributed by atoms with Gasteiger partial charge < -0.3 is 10.5 Å². The number of hydrogen-bond acceptors (Lipinski definition) is 4. The average Bonchev–Trinajstić information content (AvgIpc) is 2.73. The predicted molar refractivity (Wildman–Crippen MR) is 76.2 cm³/mol. The minimum absolute atomic E-state index is 0.253. The molecule has 0 aliphatic rings.